The first-order valence-corrected chi connectivity index (χ1v) is 9.71. The summed E-state index contributed by atoms with van der Waals surface area (Å²) >= 11 is 1.60. The zero-order chi connectivity index (χ0) is 18.0. The molecule has 0 bridgehead atoms. The third-order valence-electron chi connectivity index (χ3n) is 4.91. The third kappa shape index (κ3) is 3.66. The van der Waals surface area contributed by atoms with Gasteiger partial charge in [0, 0.05) is 30.1 Å². The maximum atomic E-state index is 12.8. The van der Waals surface area contributed by atoms with E-state index in [0.717, 1.165) is 23.4 Å². The Hall–Kier alpha value is -2.02. The highest BCUT2D eigenvalue weighted by atomic mass is 32.2. The number of piperidine rings is 1. The molecule has 6 nitrogen and oxygen atoms in total. The largest absolute Gasteiger partial charge is 0.480 e. The number of aliphatic carboxylic acids is 1. The molecule has 3 rings (SSSR count). The van der Waals surface area contributed by atoms with Crippen molar-refractivity contribution in [2.24, 2.45) is 5.92 Å². The van der Waals surface area contributed by atoms with Crippen molar-refractivity contribution in [3.8, 4) is 0 Å². The summed E-state index contributed by atoms with van der Waals surface area (Å²) in [7, 11) is 0. The van der Waals surface area contributed by atoms with Crippen LogP contribution in [0.3, 0.4) is 0 Å². The average molecular weight is 362 g/mol. The second-order valence-electron chi connectivity index (χ2n) is 6.49. The normalized spacial score (nSPS) is 23.8. The number of hydrogen-bond acceptors (Lipinski definition) is 4. The first-order valence-electron chi connectivity index (χ1n) is 8.49. The van der Waals surface area contributed by atoms with Crippen LogP contribution in [0, 0.1) is 5.92 Å². The number of carbonyl (C=O) groups excluding carboxylic acids is 2. The molecule has 0 aromatic heterocycles. The van der Waals surface area contributed by atoms with E-state index in [1.165, 1.54) is 4.90 Å². The van der Waals surface area contributed by atoms with Crippen LogP contribution in [0.25, 0.3) is 0 Å². The van der Waals surface area contributed by atoms with Crippen LogP contribution < -0.4 is 4.90 Å². The van der Waals surface area contributed by atoms with Gasteiger partial charge in [0.2, 0.25) is 11.8 Å². The topological polar surface area (TPSA) is 77.9 Å². The van der Waals surface area contributed by atoms with Crippen molar-refractivity contribution >= 4 is 35.2 Å². The molecule has 2 aliphatic rings. The van der Waals surface area contributed by atoms with E-state index in [9.17, 15) is 19.5 Å². The molecule has 1 aromatic carbocycles. The molecule has 134 valence electrons. The molecule has 2 atom stereocenters. The lowest BCUT2D eigenvalue weighted by Gasteiger charge is -2.34. The molecule has 2 unspecified atom stereocenters. The van der Waals surface area contributed by atoms with E-state index < -0.39 is 17.9 Å². The van der Waals surface area contributed by atoms with Crippen molar-refractivity contribution in [2.75, 3.05) is 24.2 Å². The lowest BCUT2D eigenvalue weighted by atomic mass is 9.98. The van der Waals surface area contributed by atoms with E-state index in [2.05, 4.69) is 0 Å². The third-order valence-corrected chi connectivity index (χ3v) is 5.64. The van der Waals surface area contributed by atoms with Crippen molar-refractivity contribution in [3.05, 3.63) is 24.3 Å². The summed E-state index contributed by atoms with van der Waals surface area (Å²) in [4.78, 5) is 40.9. The van der Waals surface area contributed by atoms with Crippen molar-refractivity contribution in [1.82, 2.24) is 4.90 Å². The number of hydrogen-bond donors (Lipinski definition) is 1. The Morgan fingerprint density at radius 3 is 2.80 bits per heavy atom. The predicted molar refractivity (Wildman–Crippen MR) is 95.7 cm³/mol. The molecular formula is C18H22N2O4S. The van der Waals surface area contributed by atoms with Crippen LogP contribution in [0.15, 0.2) is 29.2 Å². The van der Waals surface area contributed by atoms with Gasteiger partial charge in [0.15, 0.2) is 0 Å². The van der Waals surface area contributed by atoms with Gasteiger partial charge in [0.05, 0.1) is 5.92 Å². The molecule has 2 fully saturated rings. The number of carboxylic acids is 1. The Morgan fingerprint density at radius 1 is 1.28 bits per heavy atom. The summed E-state index contributed by atoms with van der Waals surface area (Å²) in [6.07, 6.45) is 4.24. The average Bonchev–Trinajstić information content (AvgIpc) is 3.02. The minimum absolute atomic E-state index is 0.0829. The van der Waals surface area contributed by atoms with E-state index in [4.69, 9.17) is 0 Å². The molecule has 1 N–H and O–H groups in total. The number of benzene rings is 1. The monoisotopic (exact) mass is 362 g/mol. The van der Waals surface area contributed by atoms with E-state index in [1.807, 2.05) is 30.5 Å². The van der Waals surface area contributed by atoms with Crippen LogP contribution in [-0.4, -0.2) is 53.2 Å². The van der Waals surface area contributed by atoms with Crippen molar-refractivity contribution in [2.45, 2.75) is 36.6 Å². The number of carbonyl (C=O) groups is 3. The number of likely N-dealkylation sites (tertiary alicyclic amines) is 1. The Morgan fingerprint density at radius 2 is 2.08 bits per heavy atom. The fourth-order valence-corrected chi connectivity index (χ4v) is 4.04. The van der Waals surface area contributed by atoms with Gasteiger partial charge in [0.1, 0.15) is 6.04 Å². The van der Waals surface area contributed by atoms with Gasteiger partial charge < -0.3 is 14.9 Å². The van der Waals surface area contributed by atoms with Gasteiger partial charge in [-0.05, 0) is 43.7 Å². The fraction of sp³-hybridized carbons (Fsp3) is 0.500. The minimum Gasteiger partial charge on any atom is -0.480 e. The quantitative estimate of drug-likeness (QED) is 0.831. The standard InChI is InChI=1S/C18H22N2O4S/c1-25-14-6-4-5-13(10-14)20-11-12(9-16(20)21)17(22)19-8-3-2-7-15(19)18(23)24/h4-6,10,12,15H,2-3,7-9,11H2,1H3,(H,23,24). The Balaban J connectivity index is 1.75. The molecule has 0 saturated carbocycles. The lowest BCUT2D eigenvalue weighted by molar-refractivity contribution is -0.153. The van der Waals surface area contributed by atoms with E-state index in [1.54, 1.807) is 16.7 Å². The first kappa shape index (κ1) is 17.8. The van der Waals surface area contributed by atoms with Gasteiger partial charge >= 0.3 is 5.97 Å². The van der Waals surface area contributed by atoms with Crippen LogP contribution in [0.5, 0.6) is 0 Å². The molecule has 0 spiro atoms. The number of anilines is 1. The number of nitrogens with zero attached hydrogens (tertiary/aromatic N) is 2. The Bertz CT molecular complexity index is 693. The second-order valence-corrected chi connectivity index (χ2v) is 7.37. The van der Waals surface area contributed by atoms with E-state index in [0.29, 0.717) is 19.5 Å². The highest BCUT2D eigenvalue weighted by molar-refractivity contribution is 7.98. The smallest absolute Gasteiger partial charge is 0.326 e. The van der Waals surface area contributed by atoms with E-state index in [-0.39, 0.29) is 18.2 Å². The molecule has 2 amide bonds. The number of thioether (sulfide) groups is 1. The SMILES string of the molecule is CSc1cccc(N2CC(C(=O)N3CCCCC3C(=O)O)CC2=O)c1. The molecule has 25 heavy (non-hydrogen) atoms. The summed E-state index contributed by atoms with van der Waals surface area (Å²) in [6, 6.07) is 6.92. The zero-order valence-corrected chi connectivity index (χ0v) is 15.0. The summed E-state index contributed by atoms with van der Waals surface area (Å²) in [5.41, 5.74) is 0.792. The zero-order valence-electron chi connectivity index (χ0n) is 14.2. The van der Waals surface area contributed by atoms with Crippen LogP contribution in [0.1, 0.15) is 25.7 Å². The molecule has 1 aromatic rings. The number of carboxylic acid groups (broad SMARTS) is 1. The molecular weight excluding hydrogens is 340 g/mol. The molecule has 2 aliphatic heterocycles. The van der Waals surface area contributed by atoms with Gasteiger partial charge in [0.25, 0.3) is 0 Å². The number of amides is 2. The fourth-order valence-electron chi connectivity index (χ4n) is 3.59. The molecule has 7 heteroatoms. The molecule has 0 aliphatic carbocycles. The molecule has 2 heterocycles. The summed E-state index contributed by atoms with van der Waals surface area (Å²) in [5, 5.41) is 9.37. The van der Waals surface area contributed by atoms with Crippen LogP contribution in [0.2, 0.25) is 0 Å². The van der Waals surface area contributed by atoms with Crippen molar-refractivity contribution in [1.29, 1.82) is 0 Å². The van der Waals surface area contributed by atoms with Gasteiger partial charge in [-0.2, -0.15) is 0 Å². The first-order chi connectivity index (χ1) is 12.0. The van der Waals surface area contributed by atoms with E-state index >= 15 is 0 Å². The summed E-state index contributed by atoms with van der Waals surface area (Å²) in [5.74, 6) is -1.71. The minimum atomic E-state index is -0.957. The summed E-state index contributed by atoms with van der Waals surface area (Å²) in [6.45, 7) is 0.779. The molecule has 2 saturated heterocycles. The predicted octanol–water partition coefficient (Wildman–Crippen LogP) is 2.23. The lowest BCUT2D eigenvalue weighted by Crippen LogP contribution is -2.50. The number of rotatable bonds is 4. The maximum absolute atomic E-state index is 12.8. The van der Waals surface area contributed by atoms with Gasteiger partial charge in [-0.25, -0.2) is 4.79 Å². The highest BCUT2D eigenvalue weighted by Crippen LogP contribution is 2.30. The highest BCUT2D eigenvalue weighted by Gasteiger charge is 2.41. The van der Waals surface area contributed by atoms with Crippen LogP contribution in [-0.2, 0) is 14.4 Å². The van der Waals surface area contributed by atoms with Crippen LogP contribution in [0.4, 0.5) is 5.69 Å². The maximum Gasteiger partial charge on any atom is 0.326 e. The molecule has 0 radical (unpaired) electrons. The van der Waals surface area contributed by atoms with Gasteiger partial charge in [-0.3, -0.25) is 9.59 Å². The van der Waals surface area contributed by atoms with Crippen molar-refractivity contribution < 1.29 is 19.5 Å². The van der Waals surface area contributed by atoms with Crippen molar-refractivity contribution in [3.63, 3.8) is 0 Å². The van der Waals surface area contributed by atoms with Gasteiger partial charge in [-0.15, -0.1) is 11.8 Å². The van der Waals surface area contributed by atoms with Crippen LogP contribution >= 0.6 is 11.8 Å². The Kier molecular flexibility index (Phi) is 5.32. The Labute approximate surface area is 151 Å². The van der Waals surface area contributed by atoms with Gasteiger partial charge in [-0.1, -0.05) is 6.07 Å². The second kappa shape index (κ2) is 7.47. The summed E-state index contributed by atoms with van der Waals surface area (Å²) < 4.78 is 0.